The molecule has 0 amide bonds. The summed E-state index contributed by atoms with van der Waals surface area (Å²) < 4.78 is 5.86. The van der Waals surface area contributed by atoms with Crippen molar-refractivity contribution in [1.29, 1.82) is 0 Å². The normalized spacial score (nSPS) is 16.6. The minimum absolute atomic E-state index is 0.760. The summed E-state index contributed by atoms with van der Waals surface area (Å²) in [4.78, 5) is 2.44. The van der Waals surface area contributed by atoms with Crippen molar-refractivity contribution in [3.05, 3.63) is 28.3 Å². The second-order valence-corrected chi connectivity index (χ2v) is 5.49. The van der Waals surface area contributed by atoms with E-state index in [1.54, 1.807) is 0 Å². The van der Waals surface area contributed by atoms with E-state index in [-0.39, 0.29) is 0 Å². The maximum Gasteiger partial charge on any atom is 0.124 e. The van der Waals surface area contributed by atoms with Gasteiger partial charge in [-0.3, -0.25) is 4.90 Å². The second kappa shape index (κ2) is 7.13. The molecule has 0 atom stereocenters. The zero-order valence-electron chi connectivity index (χ0n) is 11.8. The largest absolute Gasteiger partial charge is 0.493 e. The van der Waals surface area contributed by atoms with Gasteiger partial charge in [0.25, 0.3) is 0 Å². The van der Waals surface area contributed by atoms with Gasteiger partial charge in [-0.05, 0) is 31.0 Å². The number of piperazine rings is 1. The third kappa shape index (κ3) is 4.10. The van der Waals surface area contributed by atoms with Crippen LogP contribution in [-0.4, -0.2) is 37.7 Å². The quantitative estimate of drug-likeness (QED) is 0.899. The van der Waals surface area contributed by atoms with Crippen molar-refractivity contribution in [2.24, 2.45) is 0 Å². The van der Waals surface area contributed by atoms with Crippen molar-refractivity contribution in [2.75, 3.05) is 32.8 Å². The summed E-state index contributed by atoms with van der Waals surface area (Å²) in [5.74, 6) is 0.988. The van der Waals surface area contributed by atoms with Crippen LogP contribution in [0.25, 0.3) is 0 Å². The van der Waals surface area contributed by atoms with Gasteiger partial charge in [0.2, 0.25) is 0 Å². The molecule has 19 heavy (non-hydrogen) atoms. The smallest absolute Gasteiger partial charge is 0.124 e. The maximum atomic E-state index is 6.25. The summed E-state index contributed by atoms with van der Waals surface area (Å²) in [5.41, 5.74) is 2.28. The minimum Gasteiger partial charge on any atom is -0.493 e. The Kier molecular flexibility index (Phi) is 5.49. The van der Waals surface area contributed by atoms with Gasteiger partial charge >= 0.3 is 0 Å². The number of hydrogen-bond donors (Lipinski definition) is 1. The standard InChI is InChI=1S/C15H23ClN2O/c1-3-8-19-15-9-12(2)14(16)10-13(15)11-18-6-4-17-5-7-18/h9-10,17H,3-8,11H2,1-2H3. The molecule has 2 rings (SSSR count). The summed E-state index contributed by atoms with van der Waals surface area (Å²) >= 11 is 6.25. The van der Waals surface area contributed by atoms with Gasteiger partial charge in [-0.2, -0.15) is 0 Å². The molecular formula is C15H23ClN2O. The molecule has 0 saturated carbocycles. The third-order valence-corrected chi connectivity index (χ3v) is 3.81. The van der Waals surface area contributed by atoms with Gasteiger partial charge in [0.15, 0.2) is 0 Å². The van der Waals surface area contributed by atoms with Crippen LogP contribution >= 0.6 is 11.6 Å². The van der Waals surface area contributed by atoms with Crippen molar-refractivity contribution >= 4 is 11.6 Å². The zero-order chi connectivity index (χ0) is 13.7. The van der Waals surface area contributed by atoms with E-state index in [1.165, 1.54) is 5.56 Å². The van der Waals surface area contributed by atoms with Crippen molar-refractivity contribution in [2.45, 2.75) is 26.8 Å². The number of aryl methyl sites for hydroxylation is 1. The first-order valence-electron chi connectivity index (χ1n) is 7.05. The maximum absolute atomic E-state index is 6.25. The minimum atomic E-state index is 0.760. The topological polar surface area (TPSA) is 24.5 Å². The van der Waals surface area contributed by atoms with Crippen LogP contribution in [0.5, 0.6) is 5.75 Å². The van der Waals surface area contributed by atoms with E-state index in [0.717, 1.165) is 62.1 Å². The first kappa shape index (κ1) is 14.6. The molecule has 0 bridgehead atoms. The Morgan fingerprint density at radius 2 is 2.05 bits per heavy atom. The molecule has 3 nitrogen and oxygen atoms in total. The molecule has 1 fully saturated rings. The molecule has 106 valence electrons. The molecule has 0 aromatic heterocycles. The predicted octanol–water partition coefficient (Wildman–Crippen LogP) is 2.84. The number of halogens is 1. The molecular weight excluding hydrogens is 260 g/mol. The molecule has 1 aliphatic rings. The fourth-order valence-corrected chi connectivity index (χ4v) is 2.46. The van der Waals surface area contributed by atoms with Gasteiger partial charge in [-0.1, -0.05) is 18.5 Å². The van der Waals surface area contributed by atoms with Gasteiger partial charge in [-0.15, -0.1) is 0 Å². The molecule has 0 spiro atoms. The highest BCUT2D eigenvalue weighted by molar-refractivity contribution is 6.31. The summed E-state index contributed by atoms with van der Waals surface area (Å²) in [6, 6.07) is 4.12. The predicted molar refractivity (Wildman–Crippen MR) is 80.1 cm³/mol. The molecule has 1 N–H and O–H groups in total. The summed E-state index contributed by atoms with van der Waals surface area (Å²) in [5, 5.41) is 4.20. The highest BCUT2D eigenvalue weighted by Gasteiger charge is 2.14. The summed E-state index contributed by atoms with van der Waals surface area (Å²) in [6.07, 6.45) is 1.02. The number of nitrogens with zero attached hydrogens (tertiary/aromatic N) is 1. The van der Waals surface area contributed by atoms with E-state index >= 15 is 0 Å². The number of rotatable bonds is 5. The fraction of sp³-hybridized carbons (Fsp3) is 0.600. The third-order valence-electron chi connectivity index (χ3n) is 3.41. The molecule has 1 aromatic rings. The number of nitrogens with one attached hydrogen (secondary N) is 1. The molecule has 0 radical (unpaired) electrons. The van der Waals surface area contributed by atoms with Crippen molar-refractivity contribution in [1.82, 2.24) is 10.2 Å². The van der Waals surface area contributed by atoms with Crippen molar-refractivity contribution in [3.63, 3.8) is 0 Å². The highest BCUT2D eigenvalue weighted by atomic mass is 35.5. The van der Waals surface area contributed by atoms with Crippen LogP contribution in [0.1, 0.15) is 24.5 Å². The monoisotopic (exact) mass is 282 g/mol. The Morgan fingerprint density at radius 3 is 2.74 bits per heavy atom. The highest BCUT2D eigenvalue weighted by Crippen LogP contribution is 2.28. The van der Waals surface area contributed by atoms with Crippen LogP contribution in [-0.2, 0) is 6.54 Å². The van der Waals surface area contributed by atoms with Crippen LogP contribution < -0.4 is 10.1 Å². The first-order valence-corrected chi connectivity index (χ1v) is 7.43. The SMILES string of the molecule is CCCOc1cc(C)c(Cl)cc1CN1CCNCC1. The Hall–Kier alpha value is -0.770. The molecule has 4 heteroatoms. The lowest BCUT2D eigenvalue weighted by molar-refractivity contribution is 0.227. The number of hydrogen-bond acceptors (Lipinski definition) is 3. The second-order valence-electron chi connectivity index (χ2n) is 5.08. The number of ether oxygens (including phenoxy) is 1. The Balaban J connectivity index is 2.13. The molecule has 1 aromatic carbocycles. The average molecular weight is 283 g/mol. The Bertz CT molecular complexity index is 417. The zero-order valence-corrected chi connectivity index (χ0v) is 12.6. The van der Waals surface area contributed by atoms with E-state index in [0.29, 0.717) is 0 Å². The van der Waals surface area contributed by atoms with Crippen LogP contribution in [0.4, 0.5) is 0 Å². The van der Waals surface area contributed by atoms with E-state index in [4.69, 9.17) is 16.3 Å². The lowest BCUT2D eigenvalue weighted by Gasteiger charge is -2.28. The van der Waals surface area contributed by atoms with E-state index in [2.05, 4.69) is 29.3 Å². The summed E-state index contributed by atoms with van der Waals surface area (Å²) in [7, 11) is 0. The lowest BCUT2D eigenvalue weighted by atomic mass is 10.1. The number of benzene rings is 1. The fourth-order valence-electron chi connectivity index (χ4n) is 2.28. The molecule has 1 heterocycles. The average Bonchev–Trinajstić information content (AvgIpc) is 2.42. The summed E-state index contributed by atoms with van der Waals surface area (Å²) in [6.45, 7) is 10.1. The first-order chi connectivity index (χ1) is 9.20. The Labute approximate surface area is 120 Å². The van der Waals surface area contributed by atoms with Crippen LogP contribution in [0, 0.1) is 6.92 Å². The van der Waals surface area contributed by atoms with Crippen molar-refractivity contribution < 1.29 is 4.74 Å². The van der Waals surface area contributed by atoms with Gasteiger partial charge in [0.05, 0.1) is 6.61 Å². The van der Waals surface area contributed by atoms with Crippen LogP contribution in [0.3, 0.4) is 0 Å². The molecule has 1 saturated heterocycles. The Morgan fingerprint density at radius 1 is 1.32 bits per heavy atom. The van der Waals surface area contributed by atoms with Gasteiger partial charge in [0, 0.05) is 43.3 Å². The van der Waals surface area contributed by atoms with Gasteiger partial charge in [0.1, 0.15) is 5.75 Å². The van der Waals surface area contributed by atoms with E-state index < -0.39 is 0 Å². The van der Waals surface area contributed by atoms with E-state index in [1.807, 2.05) is 6.92 Å². The molecule has 0 unspecified atom stereocenters. The van der Waals surface area contributed by atoms with Crippen LogP contribution in [0.15, 0.2) is 12.1 Å². The van der Waals surface area contributed by atoms with Crippen molar-refractivity contribution in [3.8, 4) is 5.75 Å². The van der Waals surface area contributed by atoms with Crippen LogP contribution in [0.2, 0.25) is 5.02 Å². The van der Waals surface area contributed by atoms with Gasteiger partial charge < -0.3 is 10.1 Å². The molecule has 0 aliphatic carbocycles. The lowest BCUT2D eigenvalue weighted by Crippen LogP contribution is -2.42. The van der Waals surface area contributed by atoms with Gasteiger partial charge in [-0.25, -0.2) is 0 Å². The van der Waals surface area contributed by atoms with E-state index in [9.17, 15) is 0 Å². The molecule has 1 aliphatic heterocycles.